The van der Waals surface area contributed by atoms with E-state index in [9.17, 15) is 0 Å². The quantitative estimate of drug-likeness (QED) is 0.640. The van der Waals surface area contributed by atoms with Crippen molar-refractivity contribution in [2.45, 2.75) is 66.2 Å². The van der Waals surface area contributed by atoms with Crippen LogP contribution < -0.4 is 0 Å². The average molecular weight is 218 g/mol. The maximum absolute atomic E-state index is 2.36. The van der Waals surface area contributed by atoms with Gasteiger partial charge in [-0.3, -0.25) is 0 Å². The van der Waals surface area contributed by atoms with Crippen molar-refractivity contribution in [1.29, 1.82) is 0 Å². The molecule has 90 valence electrons. The summed E-state index contributed by atoms with van der Waals surface area (Å²) in [7, 11) is 0. The lowest BCUT2D eigenvalue weighted by molar-refractivity contribution is 0.774. The van der Waals surface area contributed by atoms with Crippen LogP contribution in [0.15, 0.2) is 12.1 Å². The van der Waals surface area contributed by atoms with Crippen molar-refractivity contribution >= 4 is 0 Å². The molecule has 0 aliphatic carbocycles. The molecular formula is C16H26. The first-order valence-corrected chi connectivity index (χ1v) is 6.84. The van der Waals surface area contributed by atoms with Crippen molar-refractivity contribution < 1.29 is 0 Å². The molecule has 1 aromatic rings. The van der Waals surface area contributed by atoms with Crippen LogP contribution >= 0.6 is 0 Å². The molecule has 0 bridgehead atoms. The molecule has 0 nitrogen and oxygen atoms in total. The molecule has 0 atom stereocenters. The van der Waals surface area contributed by atoms with Crippen LogP contribution in [0, 0.1) is 6.92 Å². The van der Waals surface area contributed by atoms with Gasteiger partial charge in [0.25, 0.3) is 0 Å². The highest BCUT2D eigenvalue weighted by molar-refractivity contribution is 5.41. The van der Waals surface area contributed by atoms with Gasteiger partial charge in [-0.1, -0.05) is 45.7 Å². The first-order chi connectivity index (χ1) is 7.74. The number of rotatable bonds is 6. The molecule has 0 saturated carbocycles. The van der Waals surface area contributed by atoms with E-state index in [1.807, 2.05) is 0 Å². The van der Waals surface area contributed by atoms with Crippen LogP contribution in [-0.4, -0.2) is 0 Å². The second-order valence-electron chi connectivity index (χ2n) is 4.71. The molecule has 0 heteroatoms. The monoisotopic (exact) mass is 218 g/mol. The summed E-state index contributed by atoms with van der Waals surface area (Å²) in [5, 5.41) is 0. The molecule has 0 heterocycles. The van der Waals surface area contributed by atoms with Gasteiger partial charge in [0.15, 0.2) is 0 Å². The van der Waals surface area contributed by atoms with Crippen molar-refractivity contribution in [3.63, 3.8) is 0 Å². The molecule has 0 unspecified atom stereocenters. The van der Waals surface area contributed by atoms with Gasteiger partial charge < -0.3 is 0 Å². The van der Waals surface area contributed by atoms with E-state index in [-0.39, 0.29) is 0 Å². The van der Waals surface area contributed by atoms with Gasteiger partial charge in [0.2, 0.25) is 0 Å². The first-order valence-electron chi connectivity index (χ1n) is 6.84. The highest BCUT2D eigenvalue weighted by Crippen LogP contribution is 2.23. The second kappa shape index (κ2) is 6.73. The lowest BCUT2D eigenvalue weighted by atomic mass is 9.90. The predicted molar refractivity (Wildman–Crippen MR) is 73.2 cm³/mol. The van der Waals surface area contributed by atoms with Gasteiger partial charge in [0, 0.05) is 0 Å². The number of benzene rings is 1. The third kappa shape index (κ3) is 3.10. The zero-order valence-corrected chi connectivity index (χ0v) is 11.4. The highest BCUT2D eigenvalue weighted by Gasteiger charge is 2.08. The predicted octanol–water partition coefficient (Wildman–Crippen LogP) is 4.85. The summed E-state index contributed by atoms with van der Waals surface area (Å²) >= 11 is 0. The molecule has 0 saturated heterocycles. The zero-order chi connectivity index (χ0) is 12.0. The minimum absolute atomic E-state index is 1.18. The minimum atomic E-state index is 1.18. The maximum Gasteiger partial charge on any atom is -0.0276 e. The fourth-order valence-corrected chi connectivity index (χ4v) is 2.51. The normalized spacial score (nSPS) is 10.8. The molecule has 1 rings (SSSR count). The average Bonchev–Trinajstić information content (AvgIpc) is 2.29. The van der Waals surface area contributed by atoms with Gasteiger partial charge in [-0.15, -0.1) is 0 Å². The fraction of sp³-hybridized carbons (Fsp3) is 0.625. The second-order valence-corrected chi connectivity index (χ2v) is 4.71. The molecular weight excluding hydrogens is 192 g/mol. The molecule has 0 fully saturated rings. The van der Waals surface area contributed by atoms with Crippen LogP contribution in [0.2, 0.25) is 0 Å². The van der Waals surface area contributed by atoms with Crippen molar-refractivity contribution in [1.82, 2.24) is 0 Å². The van der Waals surface area contributed by atoms with E-state index in [0.717, 1.165) is 0 Å². The molecule has 0 radical (unpaired) electrons. The summed E-state index contributed by atoms with van der Waals surface area (Å²) < 4.78 is 0. The van der Waals surface area contributed by atoms with E-state index < -0.39 is 0 Å². The number of hydrogen-bond donors (Lipinski definition) is 0. The SMILES string of the molecule is CCCCc1ccc(C)c(CC)c1CCC. The zero-order valence-electron chi connectivity index (χ0n) is 11.4. The summed E-state index contributed by atoms with van der Waals surface area (Å²) in [6.45, 7) is 9.09. The van der Waals surface area contributed by atoms with Crippen LogP contribution in [0.1, 0.15) is 62.3 Å². The molecule has 0 aliphatic rings. The Hall–Kier alpha value is -0.780. The number of unbranched alkanes of at least 4 members (excludes halogenated alkanes) is 1. The van der Waals surface area contributed by atoms with Gasteiger partial charge in [-0.2, -0.15) is 0 Å². The van der Waals surface area contributed by atoms with E-state index >= 15 is 0 Å². The number of hydrogen-bond acceptors (Lipinski definition) is 0. The Morgan fingerprint density at radius 2 is 1.62 bits per heavy atom. The van der Waals surface area contributed by atoms with Crippen molar-refractivity contribution in [3.8, 4) is 0 Å². The first kappa shape index (κ1) is 13.3. The molecule has 0 N–H and O–H groups in total. The Bertz CT molecular complexity index is 323. The molecule has 1 aromatic carbocycles. The maximum atomic E-state index is 2.36. The van der Waals surface area contributed by atoms with Crippen molar-refractivity contribution in [3.05, 3.63) is 34.4 Å². The Kier molecular flexibility index (Phi) is 5.59. The van der Waals surface area contributed by atoms with E-state index in [1.165, 1.54) is 44.1 Å². The molecule has 0 aromatic heterocycles. The molecule has 16 heavy (non-hydrogen) atoms. The summed E-state index contributed by atoms with van der Waals surface area (Å²) in [5.74, 6) is 0. The Morgan fingerprint density at radius 3 is 2.19 bits per heavy atom. The lowest BCUT2D eigenvalue weighted by Gasteiger charge is -2.16. The van der Waals surface area contributed by atoms with E-state index in [0.29, 0.717) is 0 Å². The summed E-state index contributed by atoms with van der Waals surface area (Å²) in [6, 6.07) is 4.66. The van der Waals surface area contributed by atoms with E-state index in [1.54, 1.807) is 16.7 Å². The van der Waals surface area contributed by atoms with E-state index in [4.69, 9.17) is 0 Å². The minimum Gasteiger partial charge on any atom is -0.0654 e. The third-order valence-electron chi connectivity index (χ3n) is 3.42. The molecule has 0 amide bonds. The summed E-state index contributed by atoms with van der Waals surface area (Å²) in [4.78, 5) is 0. The summed E-state index contributed by atoms with van der Waals surface area (Å²) in [5.41, 5.74) is 6.34. The fourth-order valence-electron chi connectivity index (χ4n) is 2.51. The lowest BCUT2D eigenvalue weighted by Crippen LogP contribution is -2.02. The van der Waals surface area contributed by atoms with Gasteiger partial charge >= 0.3 is 0 Å². The van der Waals surface area contributed by atoms with Crippen LogP contribution in [0.25, 0.3) is 0 Å². The molecule has 0 spiro atoms. The Labute approximate surface area is 101 Å². The smallest absolute Gasteiger partial charge is 0.0276 e. The standard InChI is InChI=1S/C16H26/c1-5-8-10-14-12-11-13(4)15(7-3)16(14)9-6-2/h11-12H,5-10H2,1-4H3. The van der Waals surface area contributed by atoms with Gasteiger partial charge in [0.05, 0.1) is 0 Å². The largest absolute Gasteiger partial charge is 0.0654 e. The van der Waals surface area contributed by atoms with Crippen LogP contribution in [-0.2, 0) is 19.3 Å². The van der Waals surface area contributed by atoms with Crippen LogP contribution in [0.5, 0.6) is 0 Å². The van der Waals surface area contributed by atoms with Crippen molar-refractivity contribution in [2.75, 3.05) is 0 Å². The summed E-state index contributed by atoms with van der Waals surface area (Å²) in [6.07, 6.45) is 7.57. The highest BCUT2D eigenvalue weighted by atomic mass is 14.1. The Morgan fingerprint density at radius 1 is 0.875 bits per heavy atom. The van der Waals surface area contributed by atoms with Gasteiger partial charge in [-0.25, -0.2) is 0 Å². The Balaban J connectivity index is 3.05. The van der Waals surface area contributed by atoms with Gasteiger partial charge in [0.1, 0.15) is 0 Å². The van der Waals surface area contributed by atoms with Gasteiger partial charge in [-0.05, 0) is 54.9 Å². The third-order valence-corrected chi connectivity index (χ3v) is 3.42. The number of aryl methyl sites for hydroxylation is 2. The topological polar surface area (TPSA) is 0 Å². The molecule has 0 aliphatic heterocycles. The van der Waals surface area contributed by atoms with Crippen molar-refractivity contribution in [2.24, 2.45) is 0 Å². The van der Waals surface area contributed by atoms with Crippen LogP contribution in [0.3, 0.4) is 0 Å². The van der Waals surface area contributed by atoms with Crippen LogP contribution in [0.4, 0.5) is 0 Å². The van der Waals surface area contributed by atoms with E-state index in [2.05, 4.69) is 39.8 Å².